The van der Waals surface area contributed by atoms with Gasteiger partial charge in [-0.15, -0.1) is 0 Å². The van der Waals surface area contributed by atoms with Crippen molar-refractivity contribution in [1.82, 2.24) is 5.32 Å². The van der Waals surface area contributed by atoms with Crippen LogP contribution in [0.5, 0.6) is 0 Å². The SMILES string of the molecule is CC(C)C(=O)CCC(=O)NC(CCCCS(N)(=O)=O)CCCCS(N)(=O)=O. The normalized spacial score (nSPS) is 12.5. The monoisotopic (exact) mass is 427 g/mol. The minimum absolute atomic E-state index is 0.0167. The van der Waals surface area contributed by atoms with Gasteiger partial charge in [0, 0.05) is 24.8 Å². The van der Waals surface area contributed by atoms with E-state index in [4.69, 9.17) is 10.3 Å². The Kier molecular flexibility index (Phi) is 11.9. The van der Waals surface area contributed by atoms with Crippen LogP contribution >= 0.6 is 0 Å². The number of ketones is 1. The highest BCUT2D eigenvalue weighted by molar-refractivity contribution is 7.89. The van der Waals surface area contributed by atoms with E-state index in [1.54, 1.807) is 13.8 Å². The summed E-state index contributed by atoms with van der Waals surface area (Å²) < 4.78 is 43.9. The Balaban J connectivity index is 4.47. The Morgan fingerprint density at radius 1 is 0.815 bits per heavy atom. The number of sulfonamides is 2. The van der Waals surface area contributed by atoms with E-state index < -0.39 is 20.0 Å². The van der Waals surface area contributed by atoms with E-state index in [1.165, 1.54) is 0 Å². The van der Waals surface area contributed by atoms with Crippen LogP contribution in [0, 0.1) is 5.92 Å². The molecule has 0 aromatic carbocycles. The number of nitrogens with one attached hydrogen (secondary N) is 1. The molecule has 0 radical (unpaired) electrons. The Morgan fingerprint density at radius 3 is 1.63 bits per heavy atom. The van der Waals surface area contributed by atoms with Crippen LogP contribution in [0.3, 0.4) is 0 Å². The second-order valence-electron chi connectivity index (χ2n) is 7.11. The van der Waals surface area contributed by atoms with Crippen molar-refractivity contribution >= 4 is 31.7 Å². The Hall–Kier alpha value is -1.04. The lowest BCUT2D eigenvalue weighted by atomic mass is 10.0. The molecule has 1 amide bonds. The van der Waals surface area contributed by atoms with Crippen LogP contribution in [-0.2, 0) is 29.6 Å². The van der Waals surface area contributed by atoms with Gasteiger partial charge in [-0.3, -0.25) is 9.59 Å². The molecule has 0 bridgehead atoms. The fraction of sp³-hybridized carbons (Fsp3) is 0.875. The van der Waals surface area contributed by atoms with Gasteiger partial charge in [0.2, 0.25) is 26.0 Å². The maximum absolute atomic E-state index is 12.1. The number of rotatable bonds is 15. The lowest BCUT2D eigenvalue weighted by molar-refractivity contribution is -0.127. The van der Waals surface area contributed by atoms with E-state index >= 15 is 0 Å². The summed E-state index contributed by atoms with van der Waals surface area (Å²) in [5.41, 5.74) is 0. The number of amides is 1. The molecule has 0 rings (SSSR count). The predicted molar refractivity (Wildman–Crippen MR) is 105 cm³/mol. The molecule has 27 heavy (non-hydrogen) atoms. The minimum atomic E-state index is -3.51. The fourth-order valence-electron chi connectivity index (χ4n) is 2.50. The third-order valence-electron chi connectivity index (χ3n) is 4.07. The molecule has 0 aromatic rings. The fourth-order valence-corrected chi connectivity index (χ4v) is 3.71. The summed E-state index contributed by atoms with van der Waals surface area (Å²) in [4.78, 5) is 23.7. The van der Waals surface area contributed by atoms with Crippen LogP contribution in [0.2, 0.25) is 0 Å². The molecule has 0 saturated carbocycles. The van der Waals surface area contributed by atoms with E-state index in [9.17, 15) is 26.4 Å². The van der Waals surface area contributed by atoms with Gasteiger partial charge in [0.05, 0.1) is 11.5 Å². The largest absolute Gasteiger partial charge is 0.353 e. The summed E-state index contributed by atoms with van der Waals surface area (Å²) >= 11 is 0. The lowest BCUT2D eigenvalue weighted by Crippen LogP contribution is -2.35. The van der Waals surface area contributed by atoms with Gasteiger partial charge in [-0.25, -0.2) is 27.1 Å². The van der Waals surface area contributed by atoms with Crippen LogP contribution < -0.4 is 15.6 Å². The molecule has 0 unspecified atom stereocenters. The second-order valence-corrected chi connectivity index (χ2v) is 10.6. The van der Waals surface area contributed by atoms with Crippen molar-refractivity contribution < 1.29 is 26.4 Å². The number of unbranched alkanes of at least 4 members (excludes halogenated alkanes) is 2. The maximum atomic E-state index is 12.1. The van der Waals surface area contributed by atoms with E-state index in [-0.39, 0.29) is 48.0 Å². The highest BCUT2D eigenvalue weighted by Gasteiger charge is 2.15. The number of hydrogen-bond donors (Lipinski definition) is 3. The molecule has 160 valence electrons. The first-order valence-electron chi connectivity index (χ1n) is 9.13. The van der Waals surface area contributed by atoms with Crippen LogP contribution in [-0.4, -0.2) is 46.1 Å². The maximum Gasteiger partial charge on any atom is 0.220 e. The lowest BCUT2D eigenvalue weighted by Gasteiger charge is -2.19. The van der Waals surface area contributed by atoms with Crippen LogP contribution in [0.15, 0.2) is 0 Å². The molecule has 0 heterocycles. The Morgan fingerprint density at radius 2 is 1.26 bits per heavy atom. The number of carbonyl (C=O) groups excluding carboxylic acids is 2. The average molecular weight is 428 g/mol. The molecular formula is C16H33N3O6S2. The third-order valence-corrected chi connectivity index (χ3v) is 5.79. The van der Waals surface area contributed by atoms with E-state index in [1.807, 2.05) is 0 Å². The van der Waals surface area contributed by atoms with Crippen molar-refractivity contribution in [3.63, 3.8) is 0 Å². The zero-order valence-electron chi connectivity index (χ0n) is 16.1. The van der Waals surface area contributed by atoms with Gasteiger partial charge < -0.3 is 5.32 Å². The van der Waals surface area contributed by atoms with Crippen molar-refractivity contribution in [3.05, 3.63) is 0 Å². The summed E-state index contributed by atoms with van der Waals surface area (Å²) in [6, 6.07) is -0.215. The summed E-state index contributed by atoms with van der Waals surface area (Å²) in [6.45, 7) is 3.56. The summed E-state index contributed by atoms with van der Waals surface area (Å²) in [5.74, 6) is -0.593. The van der Waals surface area contributed by atoms with Gasteiger partial charge >= 0.3 is 0 Å². The van der Waals surface area contributed by atoms with Crippen LogP contribution in [0.4, 0.5) is 0 Å². The molecule has 0 fully saturated rings. The first kappa shape index (κ1) is 26.0. The molecule has 0 spiro atoms. The van der Waals surface area contributed by atoms with Crippen LogP contribution in [0.1, 0.15) is 65.2 Å². The quantitative estimate of drug-likeness (QED) is 0.320. The molecule has 0 aromatic heterocycles. The smallest absolute Gasteiger partial charge is 0.220 e. The molecular weight excluding hydrogens is 394 g/mol. The highest BCUT2D eigenvalue weighted by Crippen LogP contribution is 2.11. The van der Waals surface area contributed by atoms with E-state index in [2.05, 4.69) is 5.32 Å². The highest BCUT2D eigenvalue weighted by atomic mass is 32.2. The van der Waals surface area contributed by atoms with Crippen molar-refractivity contribution in [3.8, 4) is 0 Å². The predicted octanol–water partition coefficient (Wildman–Crippen LogP) is 0.394. The first-order chi connectivity index (χ1) is 12.3. The summed E-state index contributed by atoms with van der Waals surface area (Å²) in [6.07, 6.45) is 3.25. The standard InChI is InChI=1S/C16H33N3O6S2/c1-13(2)15(20)9-10-16(21)19-14(7-3-5-11-26(17,22)23)8-4-6-12-27(18,24)25/h13-14H,3-12H2,1-2H3,(H,19,21)(H2,17,22,23)(H2,18,24,25). The van der Waals surface area contributed by atoms with Crippen molar-refractivity contribution in [2.45, 2.75) is 71.3 Å². The molecule has 0 saturated heterocycles. The molecule has 11 heteroatoms. The topological polar surface area (TPSA) is 166 Å². The summed E-state index contributed by atoms with van der Waals surface area (Å²) in [7, 11) is -7.03. The van der Waals surface area contributed by atoms with Gasteiger partial charge in [0.1, 0.15) is 5.78 Å². The number of carbonyl (C=O) groups is 2. The Labute approximate surface area is 162 Å². The van der Waals surface area contributed by atoms with E-state index in [0.29, 0.717) is 38.5 Å². The number of Topliss-reactive ketones (excluding diaryl/α,β-unsaturated/α-hetero) is 1. The zero-order valence-corrected chi connectivity index (χ0v) is 17.8. The van der Waals surface area contributed by atoms with Crippen molar-refractivity contribution in [1.29, 1.82) is 0 Å². The minimum Gasteiger partial charge on any atom is -0.353 e. The number of hydrogen-bond acceptors (Lipinski definition) is 6. The third kappa shape index (κ3) is 16.8. The average Bonchev–Trinajstić information content (AvgIpc) is 2.50. The number of primary sulfonamides is 2. The Bertz CT molecular complexity index is 634. The molecule has 9 nitrogen and oxygen atoms in total. The van der Waals surface area contributed by atoms with Gasteiger partial charge in [-0.05, 0) is 25.7 Å². The van der Waals surface area contributed by atoms with Gasteiger partial charge in [0.15, 0.2) is 0 Å². The molecule has 0 atom stereocenters. The second kappa shape index (κ2) is 12.4. The van der Waals surface area contributed by atoms with Gasteiger partial charge in [-0.2, -0.15) is 0 Å². The first-order valence-corrected chi connectivity index (χ1v) is 12.6. The van der Waals surface area contributed by atoms with Crippen LogP contribution in [0.25, 0.3) is 0 Å². The van der Waals surface area contributed by atoms with Crippen molar-refractivity contribution in [2.24, 2.45) is 16.2 Å². The summed E-state index contributed by atoms with van der Waals surface area (Å²) in [5, 5.41) is 12.8. The molecule has 5 N–H and O–H groups in total. The van der Waals surface area contributed by atoms with Crippen molar-refractivity contribution in [2.75, 3.05) is 11.5 Å². The molecule has 0 aliphatic heterocycles. The molecule has 0 aliphatic rings. The van der Waals surface area contributed by atoms with E-state index in [0.717, 1.165) is 0 Å². The van der Waals surface area contributed by atoms with Gasteiger partial charge in [-0.1, -0.05) is 26.7 Å². The number of nitrogens with two attached hydrogens (primary N) is 2. The zero-order chi connectivity index (χ0) is 21.1. The van der Waals surface area contributed by atoms with Gasteiger partial charge in [0.25, 0.3) is 0 Å². The molecule has 0 aliphatic carbocycles.